The third-order valence-corrected chi connectivity index (χ3v) is 11.6. The Balaban J connectivity index is 1.06. The summed E-state index contributed by atoms with van der Waals surface area (Å²) < 4.78 is 4.88. The van der Waals surface area contributed by atoms with Crippen LogP contribution in [-0.4, -0.2) is 19.5 Å². The van der Waals surface area contributed by atoms with Gasteiger partial charge in [-0.2, -0.15) is 0 Å². The molecule has 11 rings (SSSR count). The third-order valence-electron chi connectivity index (χ3n) is 10.4. The molecular formula is C49H30N4S. The van der Waals surface area contributed by atoms with Crippen LogP contribution >= 0.6 is 11.3 Å². The summed E-state index contributed by atoms with van der Waals surface area (Å²) in [6.45, 7) is 0. The third kappa shape index (κ3) is 5.01. The second-order valence-corrected chi connectivity index (χ2v) is 14.7. The Morgan fingerprint density at radius 1 is 0.352 bits per heavy atom. The molecule has 0 bridgehead atoms. The van der Waals surface area contributed by atoms with Crippen LogP contribution in [0.3, 0.4) is 0 Å². The maximum atomic E-state index is 5.10. The molecule has 0 aliphatic heterocycles. The highest BCUT2D eigenvalue weighted by Gasteiger charge is 2.18. The van der Waals surface area contributed by atoms with Crippen LogP contribution in [0.1, 0.15) is 0 Å². The van der Waals surface area contributed by atoms with Gasteiger partial charge >= 0.3 is 0 Å². The molecule has 0 aliphatic carbocycles. The first-order valence-corrected chi connectivity index (χ1v) is 18.9. The summed E-state index contributed by atoms with van der Waals surface area (Å²) in [5.74, 6) is 1.96. The highest BCUT2D eigenvalue weighted by Crippen LogP contribution is 2.41. The Hall–Kier alpha value is -6.95. The van der Waals surface area contributed by atoms with Crippen molar-refractivity contribution in [2.24, 2.45) is 0 Å². The number of para-hydroxylation sites is 1. The van der Waals surface area contributed by atoms with Gasteiger partial charge in [0.1, 0.15) is 0 Å². The summed E-state index contributed by atoms with van der Waals surface area (Å²) in [5.41, 5.74) is 8.74. The number of fused-ring (bicyclic) bond motifs is 8. The van der Waals surface area contributed by atoms with Crippen LogP contribution in [0.2, 0.25) is 0 Å². The van der Waals surface area contributed by atoms with Crippen LogP contribution in [-0.2, 0) is 0 Å². The average molecular weight is 707 g/mol. The minimum Gasteiger partial charge on any atom is -0.309 e. The highest BCUT2D eigenvalue weighted by molar-refractivity contribution is 7.25. The predicted molar refractivity (Wildman–Crippen MR) is 226 cm³/mol. The van der Waals surface area contributed by atoms with Crippen LogP contribution in [0.4, 0.5) is 0 Å². The Morgan fingerprint density at radius 2 is 0.981 bits per heavy atom. The summed E-state index contributed by atoms with van der Waals surface area (Å²) in [4.78, 5) is 15.2. The Bertz CT molecular complexity index is 3220. The van der Waals surface area contributed by atoms with Gasteiger partial charge in [0.25, 0.3) is 0 Å². The van der Waals surface area contributed by atoms with E-state index in [9.17, 15) is 0 Å². The van der Waals surface area contributed by atoms with E-state index in [2.05, 4.69) is 162 Å². The monoisotopic (exact) mass is 706 g/mol. The van der Waals surface area contributed by atoms with Crippen molar-refractivity contribution in [2.75, 3.05) is 0 Å². The maximum absolute atomic E-state index is 5.10. The lowest BCUT2D eigenvalue weighted by molar-refractivity contribution is 1.07. The Kier molecular flexibility index (Phi) is 7.00. The van der Waals surface area contributed by atoms with Crippen LogP contribution < -0.4 is 0 Å². The number of benzene rings is 8. The first-order valence-electron chi connectivity index (χ1n) is 18.1. The van der Waals surface area contributed by atoms with E-state index in [1.807, 2.05) is 24.3 Å². The number of rotatable bonds is 5. The lowest BCUT2D eigenvalue weighted by atomic mass is 10.0. The number of nitrogens with zero attached hydrogens (tertiary/aromatic N) is 4. The summed E-state index contributed by atoms with van der Waals surface area (Å²) in [6.07, 6.45) is 0. The normalized spacial score (nSPS) is 11.7. The Morgan fingerprint density at radius 3 is 1.80 bits per heavy atom. The zero-order chi connectivity index (χ0) is 35.6. The fourth-order valence-corrected chi connectivity index (χ4v) is 8.99. The van der Waals surface area contributed by atoms with Gasteiger partial charge in [0.05, 0.1) is 11.0 Å². The largest absolute Gasteiger partial charge is 0.309 e. The number of aromatic nitrogens is 4. The molecule has 0 amide bonds. The molecule has 0 fully saturated rings. The molecule has 0 spiro atoms. The lowest BCUT2D eigenvalue weighted by Crippen LogP contribution is -2.00. The quantitative estimate of drug-likeness (QED) is 0.179. The molecule has 0 radical (unpaired) electrons. The van der Waals surface area contributed by atoms with Crippen molar-refractivity contribution in [1.82, 2.24) is 19.5 Å². The van der Waals surface area contributed by atoms with Gasteiger partial charge in [-0.3, -0.25) is 0 Å². The second-order valence-electron chi connectivity index (χ2n) is 13.6. The lowest BCUT2D eigenvalue weighted by Gasteiger charge is -2.10. The molecule has 0 saturated carbocycles. The first-order chi connectivity index (χ1) is 26.7. The molecule has 0 unspecified atom stereocenters. The zero-order valence-electron chi connectivity index (χ0n) is 29.0. The fraction of sp³-hybridized carbons (Fsp3) is 0. The molecular weight excluding hydrogens is 677 g/mol. The smallest absolute Gasteiger partial charge is 0.164 e. The van der Waals surface area contributed by atoms with E-state index in [1.54, 1.807) is 11.3 Å². The number of hydrogen-bond acceptors (Lipinski definition) is 4. The van der Waals surface area contributed by atoms with E-state index in [0.717, 1.165) is 33.5 Å². The average Bonchev–Trinajstić information content (AvgIpc) is 3.79. The van der Waals surface area contributed by atoms with Crippen molar-refractivity contribution in [3.05, 3.63) is 182 Å². The molecule has 252 valence electrons. The molecule has 8 aromatic carbocycles. The van der Waals surface area contributed by atoms with E-state index in [1.165, 1.54) is 52.8 Å². The molecule has 0 atom stereocenters. The van der Waals surface area contributed by atoms with Crippen molar-refractivity contribution < 1.29 is 0 Å². The molecule has 3 heterocycles. The van der Waals surface area contributed by atoms with Gasteiger partial charge in [0, 0.05) is 58.7 Å². The van der Waals surface area contributed by atoms with Gasteiger partial charge in [0.2, 0.25) is 0 Å². The van der Waals surface area contributed by atoms with Crippen molar-refractivity contribution in [3.63, 3.8) is 0 Å². The zero-order valence-corrected chi connectivity index (χ0v) is 29.8. The summed E-state index contributed by atoms with van der Waals surface area (Å²) >= 11 is 1.81. The number of hydrogen-bond donors (Lipinski definition) is 0. The van der Waals surface area contributed by atoms with Crippen molar-refractivity contribution in [2.45, 2.75) is 0 Å². The van der Waals surface area contributed by atoms with Crippen LogP contribution in [0.25, 0.3) is 104 Å². The molecule has 4 nitrogen and oxygen atoms in total. The van der Waals surface area contributed by atoms with Gasteiger partial charge in [-0.15, -0.1) is 11.3 Å². The molecule has 5 heteroatoms. The van der Waals surface area contributed by atoms with E-state index in [-0.39, 0.29) is 0 Å². The van der Waals surface area contributed by atoms with E-state index in [0.29, 0.717) is 17.5 Å². The van der Waals surface area contributed by atoms with Gasteiger partial charge < -0.3 is 4.57 Å². The molecule has 54 heavy (non-hydrogen) atoms. The van der Waals surface area contributed by atoms with Gasteiger partial charge in [-0.1, -0.05) is 146 Å². The van der Waals surface area contributed by atoms with E-state index >= 15 is 0 Å². The summed E-state index contributed by atoms with van der Waals surface area (Å²) in [6, 6.07) is 64.5. The highest BCUT2D eigenvalue weighted by atomic mass is 32.1. The van der Waals surface area contributed by atoms with Gasteiger partial charge in [-0.05, 0) is 52.9 Å². The predicted octanol–water partition coefficient (Wildman–Crippen LogP) is 13.2. The van der Waals surface area contributed by atoms with Crippen molar-refractivity contribution in [3.8, 4) is 51.0 Å². The topological polar surface area (TPSA) is 43.6 Å². The van der Waals surface area contributed by atoms with E-state index in [4.69, 9.17) is 15.0 Å². The number of thiophene rings is 1. The summed E-state index contributed by atoms with van der Waals surface area (Å²) in [5, 5.41) is 7.48. The van der Waals surface area contributed by atoms with Crippen LogP contribution in [0, 0.1) is 0 Å². The molecule has 3 aromatic heterocycles. The van der Waals surface area contributed by atoms with Crippen LogP contribution in [0.5, 0.6) is 0 Å². The molecule has 0 aliphatic rings. The van der Waals surface area contributed by atoms with E-state index < -0.39 is 0 Å². The van der Waals surface area contributed by atoms with Crippen LogP contribution in [0.15, 0.2) is 182 Å². The van der Waals surface area contributed by atoms with Crippen molar-refractivity contribution in [1.29, 1.82) is 0 Å². The second kappa shape index (κ2) is 12.3. The standard InChI is InChI=1S/C49H30N4S/c1-3-12-31(13-4-1)34-17-11-18-35(28-34)48-50-47(33-15-5-2-6-16-33)51-49(52-48)36-23-25-40-42-30-37(24-27-44(42)54-45(40)29-36)53-43-21-10-9-20-39(43)41-26-22-32-14-7-8-19-38(32)46(41)53/h1-30H. The Labute approximate surface area is 315 Å². The van der Waals surface area contributed by atoms with Gasteiger partial charge in [0.15, 0.2) is 17.5 Å². The minimum atomic E-state index is 0.649. The summed E-state index contributed by atoms with van der Waals surface area (Å²) in [7, 11) is 0. The van der Waals surface area contributed by atoms with Crippen molar-refractivity contribution >= 4 is 64.1 Å². The molecule has 0 saturated heterocycles. The fourth-order valence-electron chi connectivity index (χ4n) is 7.86. The minimum absolute atomic E-state index is 0.649. The maximum Gasteiger partial charge on any atom is 0.164 e. The first kappa shape index (κ1) is 30.7. The van der Waals surface area contributed by atoms with Gasteiger partial charge in [-0.25, -0.2) is 15.0 Å². The molecule has 11 aromatic rings. The molecule has 0 N–H and O–H groups in total. The SMILES string of the molecule is c1ccc(-c2cccc(-c3nc(-c4ccccc4)nc(-c4ccc5c(c4)sc4ccc(-n6c7ccccc7c7ccc8ccccc8c76)cc45)n3)c2)cc1.